The topological polar surface area (TPSA) is 51.6 Å². The third kappa shape index (κ3) is 4.92. The molecule has 196 valence electrons. The summed E-state index contributed by atoms with van der Waals surface area (Å²) in [6.45, 7) is 4.57. The second kappa shape index (κ2) is 9.99. The molecule has 3 saturated heterocycles. The molecule has 0 saturated carbocycles. The molecule has 0 spiro atoms. The highest BCUT2D eigenvalue weighted by Crippen LogP contribution is 2.48. The van der Waals surface area contributed by atoms with Crippen molar-refractivity contribution in [1.82, 2.24) is 4.98 Å². The maximum absolute atomic E-state index is 13.3. The molecular weight excluding hydrogens is 481 g/mol. The van der Waals surface area contributed by atoms with Crippen LogP contribution in [0, 0.1) is 11.8 Å². The van der Waals surface area contributed by atoms with Gasteiger partial charge in [0.2, 0.25) is 0 Å². The molecular formula is C29H32F3N2O3+. The molecule has 37 heavy (non-hydrogen) atoms. The van der Waals surface area contributed by atoms with Crippen molar-refractivity contribution in [3.63, 3.8) is 0 Å². The largest absolute Gasteiger partial charge is 0.497 e. The van der Waals surface area contributed by atoms with E-state index in [0.717, 1.165) is 48.0 Å². The highest BCUT2D eigenvalue weighted by atomic mass is 19.3. The van der Waals surface area contributed by atoms with Gasteiger partial charge in [-0.25, -0.2) is 4.39 Å². The van der Waals surface area contributed by atoms with Crippen LogP contribution in [-0.4, -0.2) is 53.6 Å². The van der Waals surface area contributed by atoms with Gasteiger partial charge in [-0.05, 0) is 60.0 Å². The standard InChI is InChI=1S/C29H32F3N2O3/c1-3-20-17-34(16-19-4-6-22(7-5-19)37-29(31,32)18-30)13-11-21(20)14-27(34)28(35)24-10-12-33-26-9-8-23(36-2)15-25(24)26/h3-10,12,15,20-21,27-28,35H,1,11,13-14,16-18H2,2H3/q+1. The summed E-state index contributed by atoms with van der Waals surface area (Å²) >= 11 is 0. The Morgan fingerprint density at radius 1 is 1.19 bits per heavy atom. The molecule has 3 aromatic rings. The molecule has 0 amide bonds. The monoisotopic (exact) mass is 513 g/mol. The summed E-state index contributed by atoms with van der Waals surface area (Å²) in [5.74, 6) is 1.42. The van der Waals surface area contributed by atoms with Crippen molar-refractivity contribution >= 4 is 10.9 Å². The van der Waals surface area contributed by atoms with Crippen molar-refractivity contribution in [1.29, 1.82) is 0 Å². The van der Waals surface area contributed by atoms with Crippen molar-refractivity contribution < 1.29 is 32.2 Å². The number of quaternary nitrogens is 1. The lowest BCUT2D eigenvalue weighted by Crippen LogP contribution is -2.67. The molecule has 5 nitrogen and oxygen atoms in total. The van der Waals surface area contributed by atoms with Gasteiger partial charge in [0.05, 0.1) is 25.7 Å². The van der Waals surface area contributed by atoms with Crippen molar-refractivity contribution in [2.45, 2.75) is 37.6 Å². The number of hydrogen-bond donors (Lipinski definition) is 1. The zero-order valence-electron chi connectivity index (χ0n) is 20.8. The van der Waals surface area contributed by atoms with Crippen LogP contribution in [0.15, 0.2) is 67.4 Å². The number of fused-ring (bicyclic) bond motifs is 4. The number of alkyl halides is 3. The Hall–Kier alpha value is -3.10. The van der Waals surface area contributed by atoms with Crippen LogP contribution in [0.4, 0.5) is 13.2 Å². The number of nitrogens with zero attached hydrogens (tertiary/aromatic N) is 2. The quantitative estimate of drug-likeness (QED) is 0.289. The maximum atomic E-state index is 13.3. The molecule has 3 fully saturated rings. The lowest BCUT2D eigenvalue weighted by atomic mass is 9.71. The zero-order chi connectivity index (χ0) is 26.2. The first-order valence-corrected chi connectivity index (χ1v) is 12.6. The molecule has 8 heteroatoms. The number of rotatable bonds is 9. The van der Waals surface area contributed by atoms with Crippen molar-refractivity contribution in [3.05, 3.63) is 78.5 Å². The van der Waals surface area contributed by atoms with Crippen LogP contribution in [0.5, 0.6) is 11.5 Å². The van der Waals surface area contributed by atoms with E-state index in [1.165, 1.54) is 12.1 Å². The van der Waals surface area contributed by atoms with Gasteiger partial charge < -0.3 is 19.1 Å². The Kier molecular flexibility index (Phi) is 6.89. The van der Waals surface area contributed by atoms with E-state index < -0.39 is 18.9 Å². The Morgan fingerprint density at radius 2 is 1.95 bits per heavy atom. The van der Waals surface area contributed by atoms with Crippen molar-refractivity contribution in [3.8, 4) is 11.5 Å². The fourth-order valence-electron chi connectivity index (χ4n) is 6.35. The summed E-state index contributed by atoms with van der Waals surface area (Å²) in [6.07, 6.45) is 1.08. The molecule has 3 aliphatic heterocycles. The number of aliphatic hydroxyl groups is 1. The van der Waals surface area contributed by atoms with Gasteiger partial charge in [-0.2, -0.15) is 8.78 Å². The molecule has 0 aliphatic carbocycles. The average molecular weight is 514 g/mol. The number of aromatic nitrogens is 1. The van der Waals surface area contributed by atoms with Crippen LogP contribution >= 0.6 is 0 Å². The third-order valence-electron chi connectivity index (χ3n) is 8.18. The fraction of sp³-hybridized carbons (Fsp3) is 0.414. The van der Waals surface area contributed by atoms with Gasteiger partial charge in [0.15, 0.2) is 6.67 Å². The van der Waals surface area contributed by atoms with Gasteiger partial charge in [0.1, 0.15) is 30.2 Å². The number of benzene rings is 2. The lowest BCUT2D eigenvalue weighted by molar-refractivity contribution is -0.984. The van der Waals surface area contributed by atoms with Crippen molar-refractivity contribution in [2.24, 2.45) is 11.8 Å². The summed E-state index contributed by atoms with van der Waals surface area (Å²) < 4.78 is 49.7. The van der Waals surface area contributed by atoms with E-state index in [2.05, 4.69) is 16.3 Å². The normalized spacial score (nSPS) is 26.1. The van der Waals surface area contributed by atoms with Crippen LogP contribution in [0.1, 0.15) is 30.1 Å². The molecule has 4 heterocycles. The highest BCUT2D eigenvalue weighted by Gasteiger charge is 2.54. The minimum atomic E-state index is -3.85. The van der Waals surface area contributed by atoms with E-state index >= 15 is 0 Å². The molecule has 2 aromatic carbocycles. The summed E-state index contributed by atoms with van der Waals surface area (Å²) in [5, 5.41) is 12.7. The molecule has 6 rings (SSSR count). The summed E-state index contributed by atoms with van der Waals surface area (Å²) in [6, 6.07) is 13.9. The van der Waals surface area contributed by atoms with Crippen LogP contribution in [0.3, 0.4) is 0 Å². The molecule has 3 aliphatic rings. The summed E-state index contributed by atoms with van der Waals surface area (Å²) in [4.78, 5) is 4.47. The van der Waals surface area contributed by atoms with Crippen molar-refractivity contribution in [2.75, 3.05) is 26.9 Å². The predicted molar refractivity (Wildman–Crippen MR) is 135 cm³/mol. The van der Waals surface area contributed by atoms with Gasteiger partial charge in [0.25, 0.3) is 0 Å². The Balaban J connectivity index is 1.47. The Labute approximate surface area is 214 Å². The van der Waals surface area contributed by atoms with Crippen LogP contribution in [0.25, 0.3) is 10.9 Å². The van der Waals surface area contributed by atoms with Gasteiger partial charge in [-0.3, -0.25) is 4.98 Å². The smallest absolute Gasteiger partial charge is 0.427 e. The Morgan fingerprint density at radius 3 is 2.65 bits per heavy atom. The lowest BCUT2D eigenvalue weighted by Gasteiger charge is -2.58. The van der Waals surface area contributed by atoms with Crippen LogP contribution in [-0.2, 0) is 6.54 Å². The number of piperidine rings is 3. The number of ether oxygens (including phenoxy) is 2. The maximum Gasteiger partial charge on any atom is 0.427 e. The molecule has 5 unspecified atom stereocenters. The van der Waals surface area contributed by atoms with E-state index in [9.17, 15) is 18.3 Å². The molecule has 2 bridgehead atoms. The second-order valence-corrected chi connectivity index (χ2v) is 10.3. The minimum Gasteiger partial charge on any atom is -0.497 e. The SMILES string of the molecule is C=CC1C[N+]2(Cc3ccc(OC(F)(F)CF)cc3)CCC1CC2C(O)c1ccnc2ccc(OC)cc12. The van der Waals surface area contributed by atoms with E-state index in [-0.39, 0.29) is 11.8 Å². The number of hydrogen-bond acceptors (Lipinski definition) is 4. The van der Waals surface area contributed by atoms with Crippen LogP contribution < -0.4 is 9.47 Å². The summed E-state index contributed by atoms with van der Waals surface area (Å²) in [7, 11) is 1.62. The van der Waals surface area contributed by atoms with E-state index in [1.807, 2.05) is 30.3 Å². The second-order valence-electron chi connectivity index (χ2n) is 10.3. The van der Waals surface area contributed by atoms with E-state index in [1.54, 1.807) is 25.4 Å². The zero-order valence-corrected chi connectivity index (χ0v) is 20.8. The first kappa shape index (κ1) is 25.5. The number of aliphatic hydroxyl groups excluding tert-OH is 1. The van der Waals surface area contributed by atoms with E-state index in [0.29, 0.717) is 28.6 Å². The van der Waals surface area contributed by atoms with E-state index in [4.69, 9.17) is 4.74 Å². The van der Waals surface area contributed by atoms with Gasteiger partial charge in [-0.15, -0.1) is 6.58 Å². The number of methoxy groups -OCH3 is 1. The molecule has 1 aromatic heterocycles. The predicted octanol–water partition coefficient (Wildman–Crippen LogP) is 5.83. The Bertz CT molecular complexity index is 1270. The number of halogens is 3. The molecule has 0 radical (unpaired) electrons. The summed E-state index contributed by atoms with van der Waals surface area (Å²) in [5.41, 5.74) is 2.56. The molecule has 5 atom stereocenters. The van der Waals surface area contributed by atoms with Crippen LogP contribution in [0.2, 0.25) is 0 Å². The molecule has 1 N–H and O–H groups in total. The highest BCUT2D eigenvalue weighted by molar-refractivity contribution is 5.83. The fourth-order valence-corrected chi connectivity index (χ4v) is 6.35. The first-order chi connectivity index (χ1) is 17.8. The van der Waals surface area contributed by atoms with Gasteiger partial charge >= 0.3 is 6.11 Å². The third-order valence-corrected chi connectivity index (χ3v) is 8.18. The van der Waals surface area contributed by atoms with Gasteiger partial charge in [0, 0.05) is 35.9 Å². The number of pyridine rings is 1. The minimum absolute atomic E-state index is 0.0569. The first-order valence-electron chi connectivity index (χ1n) is 12.6. The average Bonchev–Trinajstić information content (AvgIpc) is 2.93. The van der Waals surface area contributed by atoms with Gasteiger partial charge in [-0.1, -0.05) is 6.08 Å².